The van der Waals surface area contributed by atoms with Crippen molar-refractivity contribution >= 4 is 51.1 Å². The zero-order chi connectivity index (χ0) is 18.0. The number of aliphatic imine (C=N–C) groups is 2. The van der Waals surface area contributed by atoms with Gasteiger partial charge in [-0.15, -0.1) is 0 Å². The zero-order valence-electron chi connectivity index (χ0n) is 14.0. The van der Waals surface area contributed by atoms with Gasteiger partial charge in [-0.2, -0.15) is 4.99 Å². The highest BCUT2D eigenvalue weighted by molar-refractivity contribution is 8.15. The second kappa shape index (κ2) is 7.64. The van der Waals surface area contributed by atoms with Crippen molar-refractivity contribution in [2.45, 2.75) is 12.1 Å². The van der Waals surface area contributed by atoms with Gasteiger partial charge in [-0.05, 0) is 30.7 Å². The predicted octanol–water partition coefficient (Wildman–Crippen LogP) is 4.59. The maximum atomic E-state index is 11.6. The lowest BCUT2D eigenvalue weighted by atomic mass is 10.0. The fraction of sp³-hybridized carbons (Fsp3) is 0.263. The van der Waals surface area contributed by atoms with E-state index in [2.05, 4.69) is 4.99 Å². The fourth-order valence-electron chi connectivity index (χ4n) is 2.96. The monoisotopic (exact) mass is 403 g/mol. The first-order valence-corrected chi connectivity index (χ1v) is 10.7. The molecule has 2 aliphatic rings. The maximum absolute atomic E-state index is 11.6. The van der Waals surface area contributed by atoms with E-state index in [-0.39, 0.29) is 0 Å². The maximum Gasteiger partial charge on any atom is 0.185 e. The van der Waals surface area contributed by atoms with E-state index in [0.29, 0.717) is 10.8 Å². The average Bonchev–Trinajstić information content (AvgIpc) is 3.01. The molecule has 1 fully saturated rings. The molecule has 4 rings (SSSR count). The van der Waals surface area contributed by atoms with E-state index in [1.54, 1.807) is 35.7 Å². The summed E-state index contributed by atoms with van der Waals surface area (Å²) in [6, 6.07) is 17.2. The van der Waals surface area contributed by atoms with Crippen LogP contribution in [-0.4, -0.2) is 33.5 Å². The molecule has 2 aliphatic heterocycles. The Kier molecular flexibility index (Phi) is 5.27. The highest BCUT2D eigenvalue weighted by Gasteiger charge is 2.46. The molecule has 26 heavy (non-hydrogen) atoms. The summed E-state index contributed by atoms with van der Waals surface area (Å²) >= 11 is 9.24. The van der Waals surface area contributed by atoms with Crippen LogP contribution in [0.1, 0.15) is 12.0 Å². The molecule has 0 bridgehead atoms. The Labute approximate surface area is 166 Å². The van der Waals surface area contributed by atoms with E-state index in [4.69, 9.17) is 16.6 Å². The van der Waals surface area contributed by atoms with Crippen molar-refractivity contribution in [2.24, 2.45) is 9.98 Å². The third kappa shape index (κ3) is 3.51. The van der Waals surface area contributed by atoms with E-state index >= 15 is 0 Å². The molecule has 0 saturated carbocycles. The first kappa shape index (κ1) is 17.9. The molecule has 0 aliphatic carbocycles. The van der Waals surface area contributed by atoms with Gasteiger partial charge in [0, 0.05) is 28.6 Å². The molecular formula is C19H18ClN3OS2. The van der Waals surface area contributed by atoms with Gasteiger partial charge < -0.3 is 5.11 Å². The second-order valence-corrected chi connectivity index (χ2v) is 8.48. The van der Waals surface area contributed by atoms with Crippen molar-refractivity contribution in [3.8, 4) is 0 Å². The molecule has 0 aromatic heterocycles. The number of amidine groups is 2. The van der Waals surface area contributed by atoms with E-state index in [9.17, 15) is 5.11 Å². The number of benzene rings is 2. The summed E-state index contributed by atoms with van der Waals surface area (Å²) in [6.45, 7) is 0.816. The van der Waals surface area contributed by atoms with Gasteiger partial charge in [-0.3, -0.25) is 9.89 Å². The largest absolute Gasteiger partial charge is 0.366 e. The number of hydrogen-bond acceptors (Lipinski definition) is 5. The van der Waals surface area contributed by atoms with Crippen LogP contribution in [0.2, 0.25) is 5.02 Å². The standard InChI is InChI=1S/C19H18ClN3OS2/c20-15-9-7-14(8-10-15)19(24)13-26-18(22-17-21-11-4-12-25-17)23(19)16-5-2-1-3-6-16/h1-3,5-10,24H,4,11-13H2/b22-18-. The van der Waals surface area contributed by atoms with Gasteiger partial charge >= 0.3 is 0 Å². The minimum atomic E-state index is -1.19. The van der Waals surface area contributed by atoms with E-state index in [0.717, 1.165) is 40.3 Å². The van der Waals surface area contributed by atoms with Gasteiger partial charge in [-0.1, -0.05) is 65.5 Å². The van der Waals surface area contributed by atoms with Crippen molar-refractivity contribution < 1.29 is 5.11 Å². The third-order valence-corrected chi connectivity index (χ3v) is 6.56. The van der Waals surface area contributed by atoms with Gasteiger partial charge in [0.1, 0.15) is 0 Å². The van der Waals surface area contributed by atoms with Crippen LogP contribution in [0.25, 0.3) is 0 Å². The van der Waals surface area contributed by atoms with E-state index in [1.165, 1.54) is 0 Å². The van der Waals surface area contributed by atoms with Crippen LogP contribution < -0.4 is 4.90 Å². The molecule has 1 saturated heterocycles. The Balaban J connectivity index is 1.78. The third-order valence-electron chi connectivity index (χ3n) is 4.26. The minimum absolute atomic E-state index is 0.486. The topological polar surface area (TPSA) is 48.2 Å². The van der Waals surface area contributed by atoms with Gasteiger partial charge in [0.2, 0.25) is 0 Å². The lowest BCUT2D eigenvalue weighted by Crippen LogP contribution is -2.45. The molecule has 1 unspecified atom stereocenters. The quantitative estimate of drug-likeness (QED) is 0.796. The number of rotatable bonds is 2. The SMILES string of the molecule is OC1(c2ccc(Cl)cc2)CS/C(=N\C2=NCCCS2)N1c1ccccc1. The van der Waals surface area contributed by atoms with Crippen LogP contribution in [0.4, 0.5) is 5.69 Å². The lowest BCUT2D eigenvalue weighted by molar-refractivity contribution is 0.0768. The summed E-state index contributed by atoms with van der Waals surface area (Å²) in [5.74, 6) is 1.52. The fourth-order valence-corrected chi connectivity index (χ4v) is 5.10. The van der Waals surface area contributed by atoms with Gasteiger partial charge in [0.05, 0.1) is 5.75 Å². The number of aliphatic hydroxyl groups is 1. The Hall–Kier alpha value is -1.47. The molecule has 1 atom stereocenters. The lowest BCUT2D eigenvalue weighted by Gasteiger charge is -2.34. The van der Waals surface area contributed by atoms with Crippen molar-refractivity contribution in [2.75, 3.05) is 23.0 Å². The Morgan fingerprint density at radius 2 is 1.85 bits per heavy atom. The second-order valence-electron chi connectivity index (χ2n) is 6.04. The van der Waals surface area contributed by atoms with Crippen molar-refractivity contribution in [3.63, 3.8) is 0 Å². The normalized spacial score (nSPS) is 24.8. The van der Waals surface area contributed by atoms with Crippen LogP contribution in [0.5, 0.6) is 0 Å². The van der Waals surface area contributed by atoms with Crippen LogP contribution in [0.15, 0.2) is 64.6 Å². The predicted molar refractivity (Wildman–Crippen MR) is 114 cm³/mol. The molecule has 134 valence electrons. The van der Waals surface area contributed by atoms with Crippen LogP contribution in [0.3, 0.4) is 0 Å². The molecule has 7 heteroatoms. The van der Waals surface area contributed by atoms with Crippen LogP contribution in [0, 0.1) is 0 Å². The summed E-state index contributed by atoms with van der Waals surface area (Å²) in [7, 11) is 0. The van der Waals surface area contributed by atoms with Crippen molar-refractivity contribution in [3.05, 3.63) is 65.2 Å². The highest BCUT2D eigenvalue weighted by atomic mass is 35.5. The molecule has 1 N–H and O–H groups in total. The summed E-state index contributed by atoms with van der Waals surface area (Å²) in [5.41, 5.74) is 0.506. The summed E-state index contributed by atoms with van der Waals surface area (Å²) < 4.78 is 0. The van der Waals surface area contributed by atoms with Gasteiger partial charge in [0.15, 0.2) is 16.1 Å². The van der Waals surface area contributed by atoms with Crippen LogP contribution in [-0.2, 0) is 5.72 Å². The van der Waals surface area contributed by atoms with E-state index in [1.807, 2.05) is 47.4 Å². The number of halogens is 1. The number of hydrogen-bond donors (Lipinski definition) is 1. The Bertz CT molecular complexity index is 842. The van der Waals surface area contributed by atoms with E-state index < -0.39 is 5.72 Å². The molecule has 0 amide bonds. The molecule has 2 aromatic carbocycles. The first-order valence-electron chi connectivity index (χ1n) is 8.39. The summed E-state index contributed by atoms with van der Waals surface area (Å²) in [5, 5.41) is 13.8. The first-order chi connectivity index (χ1) is 12.7. The number of thioether (sulfide) groups is 2. The molecule has 4 nitrogen and oxygen atoms in total. The van der Waals surface area contributed by atoms with Gasteiger partial charge in [-0.25, -0.2) is 0 Å². The van der Waals surface area contributed by atoms with Gasteiger partial charge in [0.25, 0.3) is 0 Å². The molecule has 0 spiro atoms. The van der Waals surface area contributed by atoms with Crippen LogP contribution >= 0.6 is 35.1 Å². The summed E-state index contributed by atoms with van der Waals surface area (Å²) in [4.78, 5) is 11.2. The number of anilines is 1. The zero-order valence-corrected chi connectivity index (χ0v) is 16.4. The molecule has 2 heterocycles. The smallest absolute Gasteiger partial charge is 0.185 e. The number of nitrogens with zero attached hydrogens (tertiary/aromatic N) is 3. The summed E-state index contributed by atoms with van der Waals surface area (Å²) in [6.07, 6.45) is 1.09. The molecule has 2 aromatic rings. The Morgan fingerprint density at radius 1 is 1.08 bits per heavy atom. The van der Waals surface area contributed by atoms with Crippen molar-refractivity contribution in [1.29, 1.82) is 0 Å². The average molecular weight is 404 g/mol. The molecular weight excluding hydrogens is 386 g/mol. The highest BCUT2D eigenvalue weighted by Crippen LogP contribution is 2.42. The minimum Gasteiger partial charge on any atom is -0.366 e. The van der Waals surface area contributed by atoms with Crippen molar-refractivity contribution in [1.82, 2.24) is 0 Å². The molecule has 0 radical (unpaired) electrons. The number of para-hydroxylation sites is 1. The Morgan fingerprint density at radius 3 is 2.54 bits per heavy atom.